The predicted octanol–water partition coefficient (Wildman–Crippen LogP) is 3.43. The number of hydrogen-bond acceptors (Lipinski definition) is 5. The SMILES string of the molecule is COc1ccc(-c2noc(-c3ccccc3O)n2)cc1C. The third-order valence-corrected chi connectivity index (χ3v) is 3.21. The van der Waals surface area contributed by atoms with Crippen molar-refractivity contribution in [3.8, 4) is 34.3 Å². The molecule has 0 amide bonds. The lowest BCUT2D eigenvalue weighted by Gasteiger charge is -2.04. The number of phenolic OH excluding ortho intramolecular Hbond substituents is 1. The van der Waals surface area contributed by atoms with E-state index in [0.29, 0.717) is 11.4 Å². The van der Waals surface area contributed by atoms with E-state index in [2.05, 4.69) is 10.1 Å². The molecule has 0 unspecified atom stereocenters. The number of aromatic nitrogens is 2. The molecule has 0 fully saturated rings. The van der Waals surface area contributed by atoms with Crippen LogP contribution in [0.4, 0.5) is 0 Å². The standard InChI is InChI=1S/C16H14N2O3/c1-10-9-11(7-8-14(10)20-2)15-17-16(21-18-15)12-5-3-4-6-13(12)19/h3-9,19H,1-2H3. The largest absolute Gasteiger partial charge is 0.507 e. The van der Waals surface area contributed by atoms with E-state index in [1.807, 2.05) is 25.1 Å². The summed E-state index contributed by atoms with van der Waals surface area (Å²) in [6.45, 7) is 1.95. The first kappa shape index (κ1) is 13.2. The van der Waals surface area contributed by atoms with Gasteiger partial charge in [-0.25, -0.2) is 0 Å². The van der Waals surface area contributed by atoms with Gasteiger partial charge in [-0.2, -0.15) is 4.98 Å². The minimum atomic E-state index is 0.110. The summed E-state index contributed by atoms with van der Waals surface area (Å²) in [4.78, 5) is 4.33. The Balaban J connectivity index is 1.99. The van der Waals surface area contributed by atoms with E-state index >= 15 is 0 Å². The molecule has 0 atom stereocenters. The van der Waals surface area contributed by atoms with E-state index in [0.717, 1.165) is 16.9 Å². The zero-order chi connectivity index (χ0) is 14.8. The summed E-state index contributed by atoms with van der Waals surface area (Å²) in [5.74, 6) is 1.68. The highest BCUT2D eigenvalue weighted by atomic mass is 16.5. The molecule has 21 heavy (non-hydrogen) atoms. The number of aryl methyl sites for hydroxylation is 1. The number of nitrogens with zero attached hydrogens (tertiary/aromatic N) is 2. The van der Waals surface area contributed by atoms with Gasteiger partial charge in [0.25, 0.3) is 5.89 Å². The second-order valence-electron chi connectivity index (χ2n) is 4.62. The smallest absolute Gasteiger partial charge is 0.261 e. The monoisotopic (exact) mass is 282 g/mol. The first-order valence-corrected chi connectivity index (χ1v) is 6.46. The van der Waals surface area contributed by atoms with Crippen LogP contribution >= 0.6 is 0 Å². The van der Waals surface area contributed by atoms with Crippen LogP contribution in [0.5, 0.6) is 11.5 Å². The van der Waals surface area contributed by atoms with Gasteiger partial charge in [0.15, 0.2) is 0 Å². The number of rotatable bonds is 3. The van der Waals surface area contributed by atoms with Gasteiger partial charge in [0.05, 0.1) is 12.7 Å². The van der Waals surface area contributed by atoms with Crippen molar-refractivity contribution in [2.24, 2.45) is 0 Å². The summed E-state index contributed by atoms with van der Waals surface area (Å²) >= 11 is 0. The van der Waals surface area contributed by atoms with Crippen LogP contribution in [0.3, 0.4) is 0 Å². The van der Waals surface area contributed by atoms with E-state index < -0.39 is 0 Å². The Bertz CT molecular complexity index is 781. The fourth-order valence-electron chi connectivity index (χ4n) is 2.12. The minimum absolute atomic E-state index is 0.110. The molecule has 0 saturated carbocycles. The highest BCUT2D eigenvalue weighted by molar-refractivity contribution is 5.65. The number of hydrogen-bond donors (Lipinski definition) is 1. The normalized spacial score (nSPS) is 10.6. The molecule has 1 N–H and O–H groups in total. The Hall–Kier alpha value is -2.82. The molecule has 2 aromatic carbocycles. The molecule has 1 aromatic heterocycles. The second-order valence-corrected chi connectivity index (χ2v) is 4.62. The van der Waals surface area contributed by atoms with Crippen LogP contribution in [0.1, 0.15) is 5.56 Å². The van der Waals surface area contributed by atoms with Crippen molar-refractivity contribution in [3.63, 3.8) is 0 Å². The third kappa shape index (κ3) is 2.45. The van der Waals surface area contributed by atoms with E-state index in [9.17, 15) is 5.11 Å². The molecule has 0 aliphatic rings. The summed E-state index contributed by atoms with van der Waals surface area (Å²) in [6, 6.07) is 12.5. The van der Waals surface area contributed by atoms with Gasteiger partial charge >= 0.3 is 0 Å². The van der Waals surface area contributed by atoms with Gasteiger partial charge in [0.2, 0.25) is 5.82 Å². The number of benzene rings is 2. The topological polar surface area (TPSA) is 68.4 Å². The van der Waals surface area contributed by atoms with Crippen LogP contribution in [0.25, 0.3) is 22.8 Å². The molecule has 3 rings (SSSR count). The fraction of sp³-hybridized carbons (Fsp3) is 0.125. The molecule has 5 heteroatoms. The van der Waals surface area contributed by atoms with Gasteiger partial charge in [0.1, 0.15) is 11.5 Å². The Morgan fingerprint density at radius 1 is 1.14 bits per heavy atom. The molecular formula is C16H14N2O3. The maximum atomic E-state index is 9.81. The molecule has 0 saturated heterocycles. The molecule has 1 heterocycles. The average Bonchev–Trinajstić information content (AvgIpc) is 2.97. The first-order chi connectivity index (χ1) is 10.2. The highest BCUT2D eigenvalue weighted by Gasteiger charge is 2.14. The summed E-state index contributed by atoms with van der Waals surface area (Å²) in [6.07, 6.45) is 0. The van der Waals surface area contributed by atoms with Gasteiger partial charge in [-0.3, -0.25) is 0 Å². The van der Waals surface area contributed by atoms with E-state index in [1.54, 1.807) is 31.4 Å². The zero-order valence-electron chi connectivity index (χ0n) is 11.7. The number of methoxy groups -OCH3 is 1. The van der Waals surface area contributed by atoms with Gasteiger partial charge in [-0.1, -0.05) is 17.3 Å². The number of ether oxygens (including phenoxy) is 1. The van der Waals surface area contributed by atoms with Crippen LogP contribution < -0.4 is 4.74 Å². The second kappa shape index (κ2) is 5.28. The van der Waals surface area contributed by atoms with Crippen LogP contribution in [0.15, 0.2) is 47.0 Å². The fourth-order valence-corrected chi connectivity index (χ4v) is 2.12. The van der Waals surface area contributed by atoms with E-state index in [4.69, 9.17) is 9.26 Å². The van der Waals surface area contributed by atoms with Gasteiger partial charge < -0.3 is 14.4 Å². The Morgan fingerprint density at radius 3 is 2.67 bits per heavy atom. The van der Waals surface area contributed by atoms with Crippen molar-refractivity contribution >= 4 is 0 Å². The van der Waals surface area contributed by atoms with E-state index in [1.165, 1.54) is 0 Å². The maximum absolute atomic E-state index is 9.81. The van der Waals surface area contributed by atoms with Crippen molar-refractivity contribution in [2.45, 2.75) is 6.92 Å². The molecule has 0 aliphatic heterocycles. The lowest BCUT2D eigenvalue weighted by atomic mass is 10.1. The lowest BCUT2D eigenvalue weighted by Crippen LogP contribution is -1.88. The minimum Gasteiger partial charge on any atom is -0.507 e. The predicted molar refractivity (Wildman–Crippen MR) is 78.1 cm³/mol. The van der Waals surface area contributed by atoms with Gasteiger partial charge in [-0.05, 0) is 42.8 Å². The molecular weight excluding hydrogens is 268 g/mol. The number of para-hydroxylation sites is 1. The third-order valence-electron chi connectivity index (χ3n) is 3.21. The zero-order valence-corrected chi connectivity index (χ0v) is 11.7. The maximum Gasteiger partial charge on any atom is 0.261 e. The number of aromatic hydroxyl groups is 1. The van der Waals surface area contributed by atoms with Crippen molar-refractivity contribution in [3.05, 3.63) is 48.0 Å². The summed E-state index contributed by atoms with van der Waals surface area (Å²) in [7, 11) is 1.63. The van der Waals surface area contributed by atoms with Crippen LogP contribution in [0, 0.1) is 6.92 Å². The molecule has 0 spiro atoms. The molecule has 5 nitrogen and oxygen atoms in total. The van der Waals surface area contributed by atoms with Crippen molar-refractivity contribution in [1.29, 1.82) is 0 Å². The summed E-state index contributed by atoms with van der Waals surface area (Å²) in [5, 5.41) is 13.8. The van der Waals surface area contributed by atoms with Gasteiger partial charge in [-0.15, -0.1) is 0 Å². The molecule has 106 valence electrons. The Kier molecular flexibility index (Phi) is 3.31. The quantitative estimate of drug-likeness (QED) is 0.797. The Labute approximate surface area is 121 Å². The number of phenols is 1. The van der Waals surface area contributed by atoms with Crippen LogP contribution in [0.2, 0.25) is 0 Å². The van der Waals surface area contributed by atoms with Crippen molar-refractivity contribution < 1.29 is 14.4 Å². The lowest BCUT2D eigenvalue weighted by molar-refractivity contribution is 0.411. The van der Waals surface area contributed by atoms with Crippen molar-refractivity contribution in [1.82, 2.24) is 10.1 Å². The summed E-state index contributed by atoms with van der Waals surface area (Å²) < 4.78 is 10.5. The summed E-state index contributed by atoms with van der Waals surface area (Å²) in [5.41, 5.74) is 2.34. The first-order valence-electron chi connectivity index (χ1n) is 6.46. The van der Waals surface area contributed by atoms with E-state index in [-0.39, 0.29) is 11.6 Å². The van der Waals surface area contributed by atoms with Gasteiger partial charge in [0, 0.05) is 5.56 Å². The average molecular weight is 282 g/mol. The highest BCUT2D eigenvalue weighted by Crippen LogP contribution is 2.30. The van der Waals surface area contributed by atoms with Crippen molar-refractivity contribution in [2.75, 3.05) is 7.11 Å². The van der Waals surface area contributed by atoms with Crippen LogP contribution in [-0.2, 0) is 0 Å². The van der Waals surface area contributed by atoms with Crippen LogP contribution in [-0.4, -0.2) is 22.4 Å². The molecule has 0 bridgehead atoms. The Morgan fingerprint density at radius 2 is 1.95 bits per heavy atom. The molecule has 3 aromatic rings. The molecule has 0 aliphatic carbocycles. The molecule has 0 radical (unpaired) electrons.